The van der Waals surface area contributed by atoms with E-state index in [0.29, 0.717) is 46.2 Å². The summed E-state index contributed by atoms with van der Waals surface area (Å²) in [5, 5.41) is 10.9. The molecular weight excluding hydrogens is 410 g/mol. The van der Waals surface area contributed by atoms with Crippen LogP contribution >= 0.6 is 0 Å². The molecule has 0 N–H and O–H groups in total. The number of nitro benzene ring substituents is 1. The van der Waals surface area contributed by atoms with Gasteiger partial charge in [0.2, 0.25) is 0 Å². The largest absolute Gasteiger partial charge is 0.379 e. The second-order valence-corrected chi connectivity index (χ2v) is 7.80. The topological polar surface area (TPSA) is 77.3 Å². The molecule has 0 spiro atoms. The molecule has 1 heterocycles. The van der Waals surface area contributed by atoms with Gasteiger partial charge in [-0.05, 0) is 11.1 Å². The van der Waals surface area contributed by atoms with Crippen molar-refractivity contribution in [1.82, 2.24) is 9.80 Å². The Balaban J connectivity index is 1.51. The van der Waals surface area contributed by atoms with Gasteiger partial charge >= 0.3 is 0 Å². The quantitative estimate of drug-likeness (QED) is 0.519. The van der Waals surface area contributed by atoms with E-state index in [4.69, 9.17) is 14.2 Å². The predicted octanol–water partition coefficient (Wildman–Crippen LogP) is 2.96. The van der Waals surface area contributed by atoms with E-state index in [1.165, 1.54) is 5.56 Å². The third-order valence-corrected chi connectivity index (χ3v) is 5.38. The molecule has 2 aromatic rings. The van der Waals surface area contributed by atoms with Gasteiger partial charge in [-0.1, -0.05) is 42.5 Å². The van der Waals surface area contributed by atoms with E-state index < -0.39 is 0 Å². The van der Waals surface area contributed by atoms with Crippen molar-refractivity contribution < 1.29 is 19.1 Å². The molecule has 1 fully saturated rings. The van der Waals surface area contributed by atoms with Crippen LogP contribution in [0.4, 0.5) is 5.69 Å². The van der Waals surface area contributed by atoms with E-state index >= 15 is 0 Å². The van der Waals surface area contributed by atoms with E-state index in [9.17, 15) is 10.1 Å². The third kappa shape index (κ3) is 9.02. The van der Waals surface area contributed by atoms with Gasteiger partial charge in [0.25, 0.3) is 5.69 Å². The van der Waals surface area contributed by atoms with Crippen LogP contribution in [-0.2, 0) is 27.3 Å². The first kappa shape index (κ1) is 24.3. The minimum Gasteiger partial charge on any atom is -0.379 e. The van der Waals surface area contributed by atoms with Crippen LogP contribution in [0.15, 0.2) is 54.6 Å². The molecule has 0 radical (unpaired) electrons. The number of non-ortho nitro benzene ring substituents is 1. The highest BCUT2D eigenvalue weighted by Crippen LogP contribution is 2.13. The van der Waals surface area contributed by atoms with Gasteiger partial charge in [-0.3, -0.25) is 19.9 Å². The minimum absolute atomic E-state index is 0.109. The Bertz CT molecular complexity index is 788. The van der Waals surface area contributed by atoms with Crippen LogP contribution in [0.3, 0.4) is 0 Å². The molecule has 1 aliphatic heterocycles. The van der Waals surface area contributed by atoms with Crippen molar-refractivity contribution in [2.24, 2.45) is 0 Å². The van der Waals surface area contributed by atoms with Gasteiger partial charge in [0.15, 0.2) is 0 Å². The molecule has 8 nitrogen and oxygen atoms in total. The molecule has 1 saturated heterocycles. The Hall–Kier alpha value is -2.36. The average molecular weight is 444 g/mol. The summed E-state index contributed by atoms with van der Waals surface area (Å²) < 4.78 is 17.4. The van der Waals surface area contributed by atoms with Crippen LogP contribution in [0.1, 0.15) is 11.1 Å². The monoisotopic (exact) mass is 443 g/mol. The summed E-state index contributed by atoms with van der Waals surface area (Å²) >= 11 is 0. The summed E-state index contributed by atoms with van der Waals surface area (Å²) in [7, 11) is 0. The van der Waals surface area contributed by atoms with Gasteiger partial charge in [-0.25, -0.2) is 0 Å². The fourth-order valence-electron chi connectivity index (χ4n) is 3.56. The van der Waals surface area contributed by atoms with Crippen molar-refractivity contribution in [3.8, 4) is 0 Å². The Morgan fingerprint density at radius 2 is 1.09 bits per heavy atom. The van der Waals surface area contributed by atoms with Crippen LogP contribution in [0.2, 0.25) is 0 Å². The van der Waals surface area contributed by atoms with Gasteiger partial charge in [0.05, 0.1) is 44.6 Å². The zero-order valence-corrected chi connectivity index (χ0v) is 18.6. The van der Waals surface area contributed by atoms with E-state index in [1.807, 2.05) is 18.2 Å². The zero-order chi connectivity index (χ0) is 22.4. The first-order chi connectivity index (χ1) is 15.7. The van der Waals surface area contributed by atoms with Crippen molar-refractivity contribution in [3.05, 3.63) is 75.8 Å². The smallest absolute Gasteiger partial charge is 0.269 e. The summed E-state index contributed by atoms with van der Waals surface area (Å²) in [6, 6.07) is 17.2. The van der Waals surface area contributed by atoms with Crippen LogP contribution in [0.5, 0.6) is 0 Å². The number of hydrogen-bond donors (Lipinski definition) is 0. The predicted molar refractivity (Wildman–Crippen MR) is 123 cm³/mol. The summed E-state index contributed by atoms with van der Waals surface area (Å²) in [6.45, 7) is 8.52. The highest BCUT2D eigenvalue weighted by Gasteiger charge is 2.11. The third-order valence-electron chi connectivity index (χ3n) is 5.38. The molecule has 0 atom stereocenters. The van der Waals surface area contributed by atoms with Crippen molar-refractivity contribution in [2.45, 2.75) is 13.1 Å². The summed E-state index contributed by atoms with van der Waals surface area (Å²) in [4.78, 5) is 15.1. The number of nitrogens with zero attached hydrogens (tertiary/aromatic N) is 3. The van der Waals surface area contributed by atoms with Crippen molar-refractivity contribution in [1.29, 1.82) is 0 Å². The first-order valence-corrected chi connectivity index (χ1v) is 11.2. The van der Waals surface area contributed by atoms with Gasteiger partial charge in [0, 0.05) is 51.4 Å². The number of nitro groups is 1. The van der Waals surface area contributed by atoms with Gasteiger partial charge in [-0.15, -0.1) is 0 Å². The standard InChI is InChI=1S/C24H33N3O5/c28-27(29)24-8-6-23(7-9-24)21-26-11-15-30-14-10-25(20-22-4-2-1-3-5-22)12-16-31-18-19-32-17-13-26/h1-9H,10-21H2. The number of rotatable bonds is 5. The second-order valence-electron chi connectivity index (χ2n) is 7.80. The lowest BCUT2D eigenvalue weighted by Gasteiger charge is -2.23. The van der Waals surface area contributed by atoms with Gasteiger partial charge in [0.1, 0.15) is 0 Å². The molecule has 0 unspecified atom stereocenters. The van der Waals surface area contributed by atoms with E-state index in [1.54, 1.807) is 12.1 Å². The normalized spacial score (nSPS) is 18.5. The molecule has 0 saturated carbocycles. The molecular formula is C24H33N3O5. The molecule has 0 aromatic heterocycles. The maximum absolute atomic E-state index is 10.9. The van der Waals surface area contributed by atoms with Crippen molar-refractivity contribution in [2.75, 3.05) is 65.8 Å². The van der Waals surface area contributed by atoms with E-state index in [0.717, 1.165) is 38.3 Å². The number of benzene rings is 2. The van der Waals surface area contributed by atoms with Crippen molar-refractivity contribution >= 4 is 5.69 Å². The van der Waals surface area contributed by atoms with Gasteiger partial charge in [-0.2, -0.15) is 0 Å². The Kier molecular flexibility index (Phi) is 10.6. The van der Waals surface area contributed by atoms with Crippen LogP contribution in [0.25, 0.3) is 0 Å². The first-order valence-electron chi connectivity index (χ1n) is 11.2. The van der Waals surface area contributed by atoms with Crippen molar-refractivity contribution in [3.63, 3.8) is 0 Å². The molecule has 2 aromatic carbocycles. The fourth-order valence-corrected chi connectivity index (χ4v) is 3.56. The SMILES string of the molecule is O=[N+]([O-])c1ccc(CN2CCOCCOCCN(Cc3ccccc3)CCOCC2)cc1. The molecule has 0 aliphatic carbocycles. The lowest BCUT2D eigenvalue weighted by Crippen LogP contribution is -2.32. The second kappa shape index (κ2) is 13.9. The summed E-state index contributed by atoms with van der Waals surface area (Å²) in [5.74, 6) is 0. The van der Waals surface area contributed by atoms with Crippen LogP contribution in [0, 0.1) is 10.1 Å². The molecule has 174 valence electrons. The Morgan fingerprint density at radius 3 is 1.56 bits per heavy atom. The Morgan fingerprint density at radius 1 is 0.656 bits per heavy atom. The number of hydrogen-bond acceptors (Lipinski definition) is 7. The molecule has 3 rings (SSSR count). The minimum atomic E-state index is -0.376. The number of ether oxygens (including phenoxy) is 3. The summed E-state index contributed by atoms with van der Waals surface area (Å²) in [6.07, 6.45) is 0. The Labute approximate surface area is 189 Å². The molecule has 0 amide bonds. The van der Waals surface area contributed by atoms with Gasteiger partial charge < -0.3 is 14.2 Å². The average Bonchev–Trinajstić information content (AvgIpc) is 2.81. The maximum atomic E-state index is 10.9. The molecule has 1 aliphatic rings. The highest BCUT2D eigenvalue weighted by atomic mass is 16.6. The van der Waals surface area contributed by atoms with Crippen LogP contribution in [-0.4, -0.2) is 80.5 Å². The highest BCUT2D eigenvalue weighted by molar-refractivity contribution is 5.32. The lowest BCUT2D eigenvalue weighted by molar-refractivity contribution is -0.384. The summed E-state index contributed by atoms with van der Waals surface area (Å²) in [5.41, 5.74) is 2.42. The fraction of sp³-hybridized carbons (Fsp3) is 0.500. The molecule has 0 bridgehead atoms. The van der Waals surface area contributed by atoms with Crippen LogP contribution < -0.4 is 0 Å². The van der Waals surface area contributed by atoms with E-state index in [2.05, 4.69) is 34.1 Å². The maximum Gasteiger partial charge on any atom is 0.269 e. The zero-order valence-electron chi connectivity index (χ0n) is 18.6. The molecule has 8 heteroatoms. The molecule has 32 heavy (non-hydrogen) atoms. The van der Waals surface area contributed by atoms with E-state index in [-0.39, 0.29) is 10.6 Å². The lowest BCUT2D eigenvalue weighted by atomic mass is 10.2.